The van der Waals surface area contributed by atoms with Crippen molar-refractivity contribution in [1.82, 2.24) is 19.4 Å². The molecular weight excluding hydrogens is 332 g/mol. The van der Waals surface area contributed by atoms with Crippen molar-refractivity contribution in [1.29, 1.82) is 0 Å². The Morgan fingerprint density at radius 2 is 1.71 bits per heavy atom. The van der Waals surface area contributed by atoms with E-state index in [2.05, 4.69) is 10.2 Å². The number of aromatic nitrogens is 2. The molecule has 3 heterocycles. The molecule has 1 aromatic rings. The minimum Gasteiger partial charge on any atom is -0.425 e. The molecule has 0 N–H and O–H groups in total. The average molecular weight is 356 g/mol. The van der Waals surface area contributed by atoms with Gasteiger partial charge in [0.05, 0.1) is 6.26 Å². The van der Waals surface area contributed by atoms with Gasteiger partial charge in [-0.05, 0) is 25.7 Å². The number of carbonyl (C=O) groups is 1. The van der Waals surface area contributed by atoms with Gasteiger partial charge in [0.2, 0.25) is 27.7 Å². The average Bonchev–Trinajstić information content (AvgIpc) is 3.00. The zero-order valence-electron chi connectivity index (χ0n) is 14.1. The molecule has 1 amide bonds. The lowest BCUT2D eigenvalue weighted by atomic mass is 9.92. The first kappa shape index (κ1) is 17.3. The van der Waals surface area contributed by atoms with Gasteiger partial charge < -0.3 is 9.32 Å². The molecule has 2 saturated heterocycles. The van der Waals surface area contributed by atoms with Crippen LogP contribution in [0.3, 0.4) is 0 Å². The first-order valence-corrected chi connectivity index (χ1v) is 10.2. The van der Waals surface area contributed by atoms with E-state index in [1.54, 1.807) is 6.92 Å². The van der Waals surface area contributed by atoms with E-state index in [0.717, 1.165) is 12.8 Å². The van der Waals surface area contributed by atoms with Gasteiger partial charge in [0.1, 0.15) is 0 Å². The molecule has 134 valence electrons. The van der Waals surface area contributed by atoms with Crippen molar-refractivity contribution in [2.45, 2.75) is 38.5 Å². The van der Waals surface area contributed by atoms with E-state index >= 15 is 0 Å². The largest absolute Gasteiger partial charge is 0.425 e. The fourth-order valence-corrected chi connectivity index (χ4v) is 4.39. The van der Waals surface area contributed by atoms with Gasteiger partial charge in [-0.1, -0.05) is 0 Å². The molecule has 0 aliphatic carbocycles. The molecular formula is C15H24N4O4S. The summed E-state index contributed by atoms with van der Waals surface area (Å²) in [6.07, 6.45) is 4.09. The highest BCUT2D eigenvalue weighted by Gasteiger charge is 2.34. The van der Waals surface area contributed by atoms with Crippen molar-refractivity contribution < 1.29 is 17.6 Å². The summed E-state index contributed by atoms with van der Waals surface area (Å²) in [6, 6.07) is 0. The number of amides is 1. The monoisotopic (exact) mass is 356 g/mol. The molecule has 0 aromatic carbocycles. The first-order valence-electron chi connectivity index (χ1n) is 8.38. The van der Waals surface area contributed by atoms with Crippen molar-refractivity contribution in [2.75, 3.05) is 32.4 Å². The molecule has 0 radical (unpaired) electrons. The van der Waals surface area contributed by atoms with Crippen LogP contribution in [0.2, 0.25) is 0 Å². The van der Waals surface area contributed by atoms with Crippen molar-refractivity contribution in [2.24, 2.45) is 5.92 Å². The van der Waals surface area contributed by atoms with Crippen LogP contribution < -0.4 is 0 Å². The smallest absolute Gasteiger partial charge is 0.225 e. The van der Waals surface area contributed by atoms with Crippen LogP contribution in [0.4, 0.5) is 0 Å². The molecule has 0 saturated carbocycles. The molecule has 24 heavy (non-hydrogen) atoms. The van der Waals surface area contributed by atoms with Gasteiger partial charge in [-0.2, -0.15) is 0 Å². The van der Waals surface area contributed by atoms with Crippen LogP contribution in [-0.2, 0) is 14.8 Å². The minimum absolute atomic E-state index is 0.0646. The molecule has 2 aliphatic rings. The predicted molar refractivity (Wildman–Crippen MR) is 86.7 cm³/mol. The summed E-state index contributed by atoms with van der Waals surface area (Å²) in [4.78, 5) is 14.6. The van der Waals surface area contributed by atoms with Crippen LogP contribution in [0.25, 0.3) is 0 Å². The SMILES string of the molecule is Cc1nnc(C2CCN(C(=O)C3CCN(S(C)(=O)=O)CC3)CC2)o1. The van der Waals surface area contributed by atoms with Crippen LogP contribution in [0.1, 0.15) is 43.4 Å². The van der Waals surface area contributed by atoms with E-state index in [0.29, 0.717) is 50.8 Å². The van der Waals surface area contributed by atoms with Crippen LogP contribution in [0, 0.1) is 12.8 Å². The molecule has 9 heteroatoms. The molecule has 2 aliphatic heterocycles. The zero-order chi connectivity index (χ0) is 17.3. The second kappa shape index (κ2) is 6.79. The lowest BCUT2D eigenvalue weighted by Gasteiger charge is -2.36. The van der Waals surface area contributed by atoms with E-state index < -0.39 is 10.0 Å². The third-order valence-corrected chi connectivity index (χ3v) is 6.27. The van der Waals surface area contributed by atoms with Gasteiger partial charge in [0.25, 0.3) is 0 Å². The maximum absolute atomic E-state index is 12.7. The molecule has 8 nitrogen and oxygen atoms in total. The van der Waals surface area contributed by atoms with E-state index in [1.165, 1.54) is 10.6 Å². The maximum atomic E-state index is 12.7. The fourth-order valence-electron chi connectivity index (χ4n) is 3.52. The van der Waals surface area contributed by atoms with E-state index in [1.807, 2.05) is 4.90 Å². The molecule has 0 unspecified atom stereocenters. The Morgan fingerprint density at radius 1 is 1.08 bits per heavy atom. The number of likely N-dealkylation sites (tertiary alicyclic amines) is 1. The van der Waals surface area contributed by atoms with Gasteiger partial charge in [-0.25, -0.2) is 12.7 Å². The molecule has 0 spiro atoms. The summed E-state index contributed by atoms with van der Waals surface area (Å²) in [5, 5.41) is 7.94. The minimum atomic E-state index is -3.15. The third-order valence-electron chi connectivity index (χ3n) is 4.97. The number of sulfonamides is 1. The number of hydrogen-bond donors (Lipinski definition) is 0. The van der Waals surface area contributed by atoms with Gasteiger partial charge >= 0.3 is 0 Å². The second-order valence-electron chi connectivity index (χ2n) is 6.70. The molecule has 1 aromatic heterocycles. The van der Waals surface area contributed by atoms with E-state index in [9.17, 15) is 13.2 Å². The third kappa shape index (κ3) is 3.77. The zero-order valence-corrected chi connectivity index (χ0v) is 15.0. The number of hydrogen-bond acceptors (Lipinski definition) is 6. The van der Waals surface area contributed by atoms with Crippen molar-refractivity contribution >= 4 is 15.9 Å². The Bertz CT molecular complexity index is 686. The number of nitrogens with zero attached hydrogens (tertiary/aromatic N) is 4. The number of rotatable bonds is 3. The highest BCUT2D eigenvalue weighted by molar-refractivity contribution is 7.88. The maximum Gasteiger partial charge on any atom is 0.225 e. The van der Waals surface area contributed by atoms with Crippen molar-refractivity contribution in [3.05, 3.63) is 11.8 Å². The summed E-state index contributed by atoms with van der Waals surface area (Å²) in [5.41, 5.74) is 0. The summed E-state index contributed by atoms with van der Waals surface area (Å²) in [6.45, 7) is 4.03. The van der Waals surface area contributed by atoms with E-state index in [-0.39, 0.29) is 17.7 Å². The lowest BCUT2D eigenvalue weighted by molar-refractivity contribution is -0.137. The fraction of sp³-hybridized carbons (Fsp3) is 0.800. The Labute approximate surface area is 142 Å². The summed E-state index contributed by atoms with van der Waals surface area (Å²) >= 11 is 0. The van der Waals surface area contributed by atoms with Gasteiger partial charge in [0.15, 0.2) is 0 Å². The number of carbonyl (C=O) groups excluding carboxylic acids is 1. The predicted octanol–water partition coefficient (Wildman–Crippen LogP) is 0.756. The quantitative estimate of drug-likeness (QED) is 0.793. The van der Waals surface area contributed by atoms with Gasteiger partial charge in [-0.15, -0.1) is 10.2 Å². The number of piperidine rings is 2. The normalized spacial score (nSPS) is 22.0. The molecule has 3 rings (SSSR count). The topological polar surface area (TPSA) is 96.6 Å². The van der Waals surface area contributed by atoms with Crippen LogP contribution in [0.5, 0.6) is 0 Å². The number of aryl methyl sites for hydroxylation is 1. The summed E-state index contributed by atoms with van der Waals surface area (Å²) in [5.74, 6) is 1.55. The highest BCUT2D eigenvalue weighted by atomic mass is 32.2. The molecule has 2 fully saturated rings. The standard InChI is InChI=1S/C15H24N4O4S/c1-11-16-17-14(23-11)12-3-7-18(8-4-12)15(20)13-5-9-19(10-6-13)24(2,21)22/h12-13H,3-10H2,1-2H3. The van der Waals surface area contributed by atoms with Crippen LogP contribution in [-0.4, -0.2) is 66.2 Å². The van der Waals surface area contributed by atoms with E-state index in [4.69, 9.17) is 4.42 Å². The Morgan fingerprint density at radius 3 is 2.21 bits per heavy atom. The summed E-state index contributed by atoms with van der Waals surface area (Å²) < 4.78 is 30.0. The summed E-state index contributed by atoms with van der Waals surface area (Å²) in [7, 11) is -3.15. The first-order chi connectivity index (χ1) is 11.3. The van der Waals surface area contributed by atoms with Crippen molar-refractivity contribution in [3.8, 4) is 0 Å². The lowest BCUT2D eigenvalue weighted by Crippen LogP contribution is -2.46. The molecule has 0 bridgehead atoms. The van der Waals surface area contributed by atoms with Crippen LogP contribution in [0.15, 0.2) is 4.42 Å². The van der Waals surface area contributed by atoms with Crippen molar-refractivity contribution in [3.63, 3.8) is 0 Å². The Hall–Kier alpha value is -1.48. The Kier molecular flexibility index (Phi) is 4.91. The Balaban J connectivity index is 1.51. The molecule has 0 atom stereocenters. The second-order valence-corrected chi connectivity index (χ2v) is 8.68. The van der Waals surface area contributed by atoms with Crippen LogP contribution >= 0.6 is 0 Å². The van der Waals surface area contributed by atoms with Gasteiger partial charge in [0, 0.05) is 44.9 Å². The highest BCUT2D eigenvalue weighted by Crippen LogP contribution is 2.29. The van der Waals surface area contributed by atoms with Gasteiger partial charge in [-0.3, -0.25) is 4.79 Å².